The van der Waals surface area contributed by atoms with Gasteiger partial charge in [0.25, 0.3) is 0 Å². The van der Waals surface area contributed by atoms with E-state index in [9.17, 15) is 18.3 Å². The van der Waals surface area contributed by atoms with Gasteiger partial charge in [0.15, 0.2) is 0 Å². The molecule has 0 aliphatic heterocycles. The van der Waals surface area contributed by atoms with Gasteiger partial charge in [-0.25, -0.2) is 0 Å². The Labute approximate surface area is 165 Å². The molecular weight excluding hydrogens is 377 g/mol. The molecule has 0 bridgehead atoms. The van der Waals surface area contributed by atoms with E-state index in [4.69, 9.17) is 0 Å². The number of aromatic hydroxyl groups is 1. The number of halogens is 3. The zero-order valence-corrected chi connectivity index (χ0v) is 17.4. The normalized spacial score (nSPS) is 11.6. The first-order valence-electron chi connectivity index (χ1n) is 9.08. The van der Waals surface area contributed by atoms with Crippen LogP contribution in [-0.2, 0) is 6.18 Å². The van der Waals surface area contributed by atoms with Crippen molar-refractivity contribution in [1.29, 1.82) is 0 Å². The number of rotatable bonds is 2. The average Bonchev–Trinajstić information content (AvgIpc) is 2.62. The van der Waals surface area contributed by atoms with Crippen molar-refractivity contribution >= 4 is 8.07 Å². The summed E-state index contributed by atoms with van der Waals surface area (Å²) in [6.45, 7) is 8.31. The van der Waals surface area contributed by atoms with Gasteiger partial charge in [0.05, 0.1) is 11.1 Å². The third-order valence-electron chi connectivity index (χ3n) is 4.76. The van der Waals surface area contributed by atoms with E-state index >= 15 is 0 Å². The lowest BCUT2D eigenvalue weighted by molar-refractivity contribution is -0.137. The van der Waals surface area contributed by atoms with Gasteiger partial charge in [-0.1, -0.05) is 51.7 Å². The minimum absolute atomic E-state index is 0.126. The van der Waals surface area contributed by atoms with E-state index in [0.29, 0.717) is 11.1 Å². The minimum Gasteiger partial charge on any atom is -0.507 e. The smallest absolute Gasteiger partial charge is 0.416 e. The maximum atomic E-state index is 12.7. The molecule has 1 nitrogen and oxygen atoms in total. The highest BCUT2D eigenvalue weighted by Crippen LogP contribution is 2.32. The quantitative estimate of drug-likeness (QED) is 0.473. The molecule has 0 saturated carbocycles. The summed E-state index contributed by atoms with van der Waals surface area (Å²) in [6.07, 6.45) is -4.36. The van der Waals surface area contributed by atoms with E-state index in [2.05, 4.69) is 50.6 Å². The molecule has 0 amide bonds. The largest absolute Gasteiger partial charge is 0.507 e. The maximum absolute atomic E-state index is 12.7. The van der Waals surface area contributed by atoms with Crippen LogP contribution >= 0.6 is 0 Å². The first-order valence-corrected chi connectivity index (χ1v) is 11.2. The summed E-state index contributed by atoms with van der Waals surface area (Å²) >= 11 is 0. The van der Waals surface area contributed by atoms with Crippen molar-refractivity contribution in [3.05, 3.63) is 65.2 Å². The molecule has 0 aliphatic rings. The average molecular weight is 401 g/mol. The van der Waals surface area contributed by atoms with Crippen LogP contribution in [0.4, 0.5) is 13.2 Å². The van der Waals surface area contributed by atoms with E-state index < -0.39 is 19.8 Å². The summed E-state index contributed by atoms with van der Waals surface area (Å²) in [5.74, 6) is 6.28. The van der Waals surface area contributed by atoms with E-state index in [1.807, 2.05) is 6.07 Å². The van der Waals surface area contributed by atoms with Crippen LogP contribution in [0.1, 0.15) is 44.4 Å². The molecule has 2 aromatic rings. The summed E-state index contributed by atoms with van der Waals surface area (Å²) in [4.78, 5) is 0. The van der Waals surface area contributed by atoms with E-state index in [1.165, 1.54) is 12.1 Å². The Morgan fingerprint density at radius 1 is 0.821 bits per heavy atom. The first kappa shape index (κ1) is 21.7. The second kappa shape index (κ2) is 8.58. The van der Waals surface area contributed by atoms with Gasteiger partial charge in [-0.05, 0) is 47.5 Å². The Hall–Kier alpha value is -2.63. The minimum atomic E-state index is -4.36. The van der Waals surface area contributed by atoms with Crippen molar-refractivity contribution in [1.82, 2.24) is 0 Å². The Morgan fingerprint density at radius 3 is 1.86 bits per heavy atom. The number of alkyl halides is 3. The summed E-state index contributed by atoms with van der Waals surface area (Å²) in [5.41, 5.74) is 7.55. The van der Waals surface area contributed by atoms with Crippen molar-refractivity contribution in [2.45, 2.75) is 45.0 Å². The molecule has 0 aliphatic carbocycles. The molecule has 2 rings (SSSR count). The zero-order chi connectivity index (χ0) is 20.9. The predicted molar refractivity (Wildman–Crippen MR) is 109 cm³/mol. The van der Waals surface area contributed by atoms with Crippen molar-refractivity contribution in [3.8, 4) is 28.7 Å². The van der Waals surface area contributed by atoms with Gasteiger partial charge >= 0.3 is 6.18 Å². The SMILES string of the molecule is CC(C)[Si](C#Cc1ccc(C(F)(F)F)cc1)(C#Cc1ccccc1O)C(C)C. The third-order valence-corrected chi connectivity index (χ3v) is 9.48. The number of benzene rings is 2. The van der Waals surface area contributed by atoms with Crippen LogP contribution in [0.15, 0.2) is 48.5 Å². The van der Waals surface area contributed by atoms with E-state index in [0.717, 1.165) is 12.1 Å². The highest BCUT2D eigenvalue weighted by Gasteiger charge is 2.37. The third kappa shape index (κ3) is 5.00. The molecule has 2 aromatic carbocycles. The molecule has 0 radical (unpaired) electrons. The monoisotopic (exact) mass is 400 g/mol. The second-order valence-corrected chi connectivity index (χ2v) is 11.8. The molecule has 0 fully saturated rings. The fourth-order valence-electron chi connectivity index (χ4n) is 2.94. The number of phenols is 1. The number of hydrogen-bond donors (Lipinski definition) is 1. The molecule has 0 saturated heterocycles. The Bertz CT molecular complexity index is 928. The fourth-order valence-corrected chi connectivity index (χ4v) is 6.19. The molecule has 5 heteroatoms. The lowest BCUT2D eigenvalue weighted by Gasteiger charge is -2.28. The Kier molecular flexibility index (Phi) is 6.64. The van der Waals surface area contributed by atoms with Gasteiger partial charge in [0.2, 0.25) is 8.07 Å². The topological polar surface area (TPSA) is 20.2 Å². The number of phenolic OH excluding ortho intramolecular Hbond substituents is 1. The summed E-state index contributed by atoms with van der Waals surface area (Å²) in [7, 11) is -2.44. The molecule has 0 heterocycles. The van der Waals surface area contributed by atoms with Gasteiger partial charge in [-0.3, -0.25) is 0 Å². The van der Waals surface area contributed by atoms with Gasteiger partial charge < -0.3 is 5.11 Å². The molecule has 1 N–H and O–H groups in total. The fraction of sp³-hybridized carbons (Fsp3) is 0.304. The summed E-state index contributed by atoms with van der Waals surface area (Å²) in [6, 6.07) is 11.8. The highest BCUT2D eigenvalue weighted by molar-refractivity contribution is 6.96. The van der Waals surface area contributed by atoms with Gasteiger partial charge in [-0.2, -0.15) is 13.2 Å². The molecule has 0 aromatic heterocycles. The van der Waals surface area contributed by atoms with Crippen LogP contribution in [0, 0.1) is 22.9 Å². The molecule has 0 atom stereocenters. The summed E-state index contributed by atoms with van der Waals surface area (Å²) < 4.78 is 38.2. The lowest BCUT2D eigenvalue weighted by atomic mass is 10.1. The molecular formula is C23H23F3OSi. The highest BCUT2D eigenvalue weighted by atomic mass is 28.3. The van der Waals surface area contributed by atoms with E-state index in [1.54, 1.807) is 18.2 Å². The van der Waals surface area contributed by atoms with Crippen molar-refractivity contribution in [2.24, 2.45) is 0 Å². The Morgan fingerprint density at radius 2 is 1.36 bits per heavy atom. The molecule has 0 unspecified atom stereocenters. The molecule has 0 spiro atoms. The van der Waals surface area contributed by atoms with Crippen LogP contribution < -0.4 is 0 Å². The van der Waals surface area contributed by atoms with Crippen LogP contribution in [0.5, 0.6) is 5.75 Å². The first-order chi connectivity index (χ1) is 13.1. The zero-order valence-electron chi connectivity index (χ0n) is 16.4. The predicted octanol–water partition coefficient (Wildman–Crippen LogP) is 6.16. The molecule has 28 heavy (non-hydrogen) atoms. The number of para-hydroxylation sites is 1. The van der Waals surface area contributed by atoms with Crippen LogP contribution in [-0.4, -0.2) is 13.2 Å². The Balaban J connectivity index is 2.46. The summed E-state index contributed by atoms with van der Waals surface area (Å²) in [5, 5.41) is 9.97. The van der Waals surface area contributed by atoms with Crippen molar-refractivity contribution < 1.29 is 18.3 Å². The molecule has 146 valence electrons. The van der Waals surface area contributed by atoms with Gasteiger partial charge in [-0.15, -0.1) is 11.1 Å². The maximum Gasteiger partial charge on any atom is 0.416 e. The standard InChI is InChI=1S/C23H23F3OSi/c1-17(2)28(18(3)4,16-14-20-7-5-6-8-22(20)27)15-13-19-9-11-21(12-10-19)23(24,25)26/h5-12,17-18,27H,1-4H3. The van der Waals surface area contributed by atoms with E-state index in [-0.39, 0.29) is 16.8 Å². The van der Waals surface area contributed by atoms with Crippen molar-refractivity contribution in [3.63, 3.8) is 0 Å². The van der Waals surface area contributed by atoms with Gasteiger partial charge in [0.1, 0.15) is 5.75 Å². The number of hydrogen-bond acceptors (Lipinski definition) is 1. The van der Waals surface area contributed by atoms with Crippen LogP contribution in [0.25, 0.3) is 0 Å². The van der Waals surface area contributed by atoms with Crippen molar-refractivity contribution in [2.75, 3.05) is 0 Å². The van der Waals surface area contributed by atoms with Crippen LogP contribution in [0.3, 0.4) is 0 Å². The lowest BCUT2D eigenvalue weighted by Crippen LogP contribution is -2.39. The van der Waals surface area contributed by atoms with Gasteiger partial charge in [0, 0.05) is 5.56 Å². The second-order valence-electron chi connectivity index (χ2n) is 7.27. The van der Waals surface area contributed by atoms with Crippen LogP contribution in [0.2, 0.25) is 11.1 Å².